The Morgan fingerprint density at radius 3 is 2.70 bits per heavy atom. The zero-order valence-electron chi connectivity index (χ0n) is 17.9. The van der Waals surface area contributed by atoms with Crippen LogP contribution >= 0.6 is 0 Å². The van der Waals surface area contributed by atoms with E-state index in [0.29, 0.717) is 5.52 Å². The lowest BCUT2D eigenvalue weighted by atomic mass is 10.1. The van der Waals surface area contributed by atoms with Crippen molar-refractivity contribution in [1.29, 1.82) is 0 Å². The lowest BCUT2D eigenvalue weighted by Gasteiger charge is -2.34. The molecule has 7 nitrogen and oxygen atoms in total. The second-order valence-corrected chi connectivity index (χ2v) is 8.01. The van der Waals surface area contributed by atoms with Crippen molar-refractivity contribution in [3.8, 4) is 5.75 Å². The van der Waals surface area contributed by atoms with Crippen LogP contribution in [-0.2, 0) is 6.42 Å². The SMILES string of the molecule is CCCc1[nH]nc2cc(O)c(C(=O)N(C)c3cccc(N4CCN(C)CC4)c3)cc12. The van der Waals surface area contributed by atoms with E-state index in [-0.39, 0.29) is 17.2 Å². The summed E-state index contributed by atoms with van der Waals surface area (Å²) in [5.41, 5.74) is 3.86. The molecule has 0 atom stereocenters. The molecular formula is C23H29N5O2. The number of rotatable bonds is 5. The first kappa shape index (κ1) is 20.2. The molecule has 1 amide bonds. The fourth-order valence-electron chi connectivity index (χ4n) is 3.97. The van der Waals surface area contributed by atoms with Crippen molar-refractivity contribution in [3.05, 3.63) is 47.7 Å². The number of aryl methyl sites for hydroxylation is 1. The number of benzene rings is 2. The van der Waals surface area contributed by atoms with Gasteiger partial charge in [0.1, 0.15) is 5.75 Å². The third kappa shape index (κ3) is 3.85. The van der Waals surface area contributed by atoms with Gasteiger partial charge in [-0.1, -0.05) is 19.4 Å². The van der Waals surface area contributed by atoms with E-state index in [9.17, 15) is 9.90 Å². The lowest BCUT2D eigenvalue weighted by molar-refractivity contribution is 0.0990. The van der Waals surface area contributed by atoms with Crippen molar-refractivity contribution in [2.75, 3.05) is 50.1 Å². The number of nitrogens with zero attached hydrogens (tertiary/aromatic N) is 4. The van der Waals surface area contributed by atoms with Crippen molar-refractivity contribution in [2.45, 2.75) is 19.8 Å². The number of likely N-dealkylation sites (N-methyl/N-ethyl adjacent to an activating group) is 1. The van der Waals surface area contributed by atoms with Crippen molar-refractivity contribution < 1.29 is 9.90 Å². The molecule has 2 heterocycles. The number of anilines is 2. The third-order valence-electron chi connectivity index (χ3n) is 5.87. The largest absolute Gasteiger partial charge is 0.507 e. The Morgan fingerprint density at radius 1 is 1.20 bits per heavy atom. The van der Waals surface area contributed by atoms with Gasteiger partial charge in [0.2, 0.25) is 0 Å². The Hall–Kier alpha value is -3.06. The number of phenols is 1. The van der Waals surface area contributed by atoms with Crippen LogP contribution in [0.25, 0.3) is 10.9 Å². The second-order valence-electron chi connectivity index (χ2n) is 8.01. The monoisotopic (exact) mass is 407 g/mol. The van der Waals surface area contributed by atoms with Crippen LogP contribution in [0.5, 0.6) is 5.75 Å². The maximum atomic E-state index is 13.2. The van der Waals surface area contributed by atoms with Crippen LogP contribution in [0.2, 0.25) is 0 Å². The summed E-state index contributed by atoms with van der Waals surface area (Å²) in [6.07, 6.45) is 1.82. The topological polar surface area (TPSA) is 75.7 Å². The molecule has 7 heteroatoms. The van der Waals surface area contributed by atoms with Crippen LogP contribution in [-0.4, -0.2) is 66.4 Å². The smallest absolute Gasteiger partial charge is 0.261 e. The van der Waals surface area contributed by atoms with Gasteiger partial charge in [-0.25, -0.2) is 0 Å². The fourth-order valence-corrected chi connectivity index (χ4v) is 3.97. The predicted octanol–water partition coefficient (Wildman–Crippen LogP) is 3.25. The van der Waals surface area contributed by atoms with Gasteiger partial charge in [-0.05, 0) is 37.7 Å². The number of piperazine rings is 1. The Morgan fingerprint density at radius 2 is 1.97 bits per heavy atom. The molecule has 2 N–H and O–H groups in total. The van der Waals surface area contributed by atoms with Gasteiger partial charge in [-0.3, -0.25) is 9.89 Å². The Labute approximate surface area is 176 Å². The van der Waals surface area contributed by atoms with Gasteiger partial charge < -0.3 is 19.8 Å². The standard InChI is InChI=1S/C23H29N5O2/c1-4-6-20-18-14-19(22(29)15-21(18)25-24-20)23(30)27(3)16-7-5-8-17(13-16)28-11-9-26(2)10-12-28/h5,7-8,13-15,29H,4,6,9-12H2,1-3H3,(H,24,25). The molecule has 1 aliphatic rings. The lowest BCUT2D eigenvalue weighted by Crippen LogP contribution is -2.44. The number of carbonyl (C=O) groups is 1. The van der Waals surface area contributed by atoms with E-state index >= 15 is 0 Å². The minimum absolute atomic E-state index is 0.0517. The van der Waals surface area contributed by atoms with E-state index < -0.39 is 0 Å². The first-order chi connectivity index (χ1) is 14.5. The number of hydrogen-bond acceptors (Lipinski definition) is 5. The first-order valence-electron chi connectivity index (χ1n) is 10.5. The van der Waals surface area contributed by atoms with Gasteiger partial charge in [0, 0.05) is 61.7 Å². The van der Waals surface area contributed by atoms with Gasteiger partial charge in [0.15, 0.2) is 0 Å². The number of hydrogen-bond donors (Lipinski definition) is 2. The Kier molecular flexibility index (Phi) is 5.63. The molecule has 0 unspecified atom stereocenters. The Balaban J connectivity index is 1.61. The number of fused-ring (bicyclic) bond motifs is 1. The van der Waals surface area contributed by atoms with E-state index in [1.807, 2.05) is 18.2 Å². The molecule has 2 aromatic carbocycles. The molecule has 0 radical (unpaired) electrons. The van der Waals surface area contributed by atoms with E-state index in [0.717, 1.165) is 61.5 Å². The molecule has 158 valence electrons. The zero-order valence-corrected chi connectivity index (χ0v) is 17.9. The normalized spacial score (nSPS) is 15.0. The van der Waals surface area contributed by atoms with Crippen molar-refractivity contribution in [1.82, 2.24) is 15.1 Å². The number of H-pyrrole nitrogens is 1. The molecule has 3 aromatic rings. The molecule has 1 fully saturated rings. The van der Waals surface area contributed by atoms with Crippen molar-refractivity contribution in [2.24, 2.45) is 0 Å². The average molecular weight is 408 g/mol. The van der Waals surface area contributed by atoms with Crippen molar-refractivity contribution >= 4 is 28.2 Å². The summed E-state index contributed by atoms with van der Waals surface area (Å²) in [6.45, 7) is 6.08. The van der Waals surface area contributed by atoms with Crippen LogP contribution < -0.4 is 9.80 Å². The number of aromatic amines is 1. The second kappa shape index (κ2) is 8.36. The average Bonchev–Trinajstić information content (AvgIpc) is 3.14. The molecule has 1 aromatic heterocycles. The van der Waals surface area contributed by atoms with Crippen LogP contribution in [0.3, 0.4) is 0 Å². The number of amides is 1. The van der Waals surface area contributed by atoms with Crippen LogP contribution in [0.1, 0.15) is 29.4 Å². The highest BCUT2D eigenvalue weighted by molar-refractivity contribution is 6.09. The maximum absolute atomic E-state index is 13.2. The number of carbonyl (C=O) groups excluding carboxylic acids is 1. The van der Waals surface area contributed by atoms with Gasteiger partial charge in [-0.15, -0.1) is 0 Å². The summed E-state index contributed by atoms with van der Waals surface area (Å²) in [7, 11) is 3.88. The summed E-state index contributed by atoms with van der Waals surface area (Å²) in [5, 5.41) is 18.6. The van der Waals surface area contributed by atoms with Crippen LogP contribution in [0.15, 0.2) is 36.4 Å². The number of aromatic hydroxyl groups is 1. The van der Waals surface area contributed by atoms with Crippen LogP contribution in [0, 0.1) is 0 Å². The van der Waals surface area contributed by atoms with Gasteiger partial charge in [-0.2, -0.15) is 5.10 Å². The summed E-state index contributed by atoms with van der Waals surface area (Å²) >= 11 is 0. The number of nitrogens with one attached hydrogen (secondary N) is 1. The highest BCUT2D eigenvalue weighted by atomic mass is 16.3. The molecular weight excluding hydrogens is 378 g/mol. The number of phenolic OH excluding ortho intramolecular Hbond substituents is 1. The third-order valence-corrected chi connectivity index (χ3v) is 5.87. The minimum atomic E-state index is -0.242. The Bertz CT molecular complexity index is 1050. The molecule has 1 saturated heterocycles. The van der Waals surface area contributed by atoms with Gasteiger partial charge >= 0.3 is 0 Å². The molecule has 1 aliphatic heterocycles. The maximum Gasteiger partial charge on any atom is 0.261 e. The fraction of sp³-hybridized carbons (Fsp3) is 0.391. The molecule has 4 rings (SSSR count). The van der Waals surface area contributed by atoms with Gasteiger partial charge in [0.05, 0.1) is 11.1 Å². The quantitative estimate of drug-likeness (QED) is 0.679. The predicted molar refractivity (Wildman–Crippen MR) is 121 cm³/mol. The summed E-state index contributed by atoms with van der Waals surface area (Å²) < 4.78 is 0. The van der Waals surface area contributed by atoms with E-state index in [1.54, 1.807) is 24.1 Å². The molecule has 0 aliphatic carbocycles. The summed E-state index contributed by atoms with van der Waals surface area (Å²) in [6, 6.07) is 11.3. The number of aromatic nitrogens is 2. The van der Waals surface area contributed by atoms with Gasteiger partial charge in [0.25, 0.3) is 5.91 Å². The van der Waals surface area contributed by atoms with E-state index in [2.05, 4.69) is 40.0 Å². The van der Waals surface area contributed by atoms with E-state index in [4.69, 9.17) is 0 Å². The zero-order chi connectivity index (χ0) is 21.3. The first-order valence-corrected chi connectivity index (χ1v) is 10.5. The molecule has 0 bridgehead atoms. The summed E-state index contributed by atoms with van der Waals surface area (Å²) in [4.78, 5) is 19.5. The molecule has 0 spiro atoms. The molecule has 30 heavy (non-hydrogen) atoms. The highest BCUT2D eigenvalue weighted by Crippen LogP contribution is 2.30. The van der Waals surface area contributed by atoms with E-state index in [1.165, 1.54) is 0 Å². The molecule has 0 saturated carbocycles. The summed E-state index contributed by atoms with van der Waals surface area (Å²) in [5.74, 6) is -0.294. The van der Waals surface area contributed by atoms with Crippen LogP contribution in [0.4, 0.5) is 11.4 Å². The van der Waals surface area contributed by atoms with Crippen molar-refractivity contribution in [3.63, 3.8) is 0 Å². The minimum Gasteiger partial charge on any atom is -0.507 e. The highest BCUT2D eigenvalue weighted by Gasteiger charge is 2.21.